The quantitative estimate of drug-likeness (QED) is 0.614. The second-order valence-corrected chi connectivity index (χ2v) is 7.20. The van der Waals surface area contributed by atoms with Crippen molar-refractivity contribution in [3.63, 3.8) is 0 Å². The number of amides is 1. The lowest BCUT2D eigenvalue weighted by Gasteiger charge is -2.26. The molecular formula is C18H30N8O. The molecule has 0 atom stereocenters. The van der Waals surface area contributed by atoms with Crippen LogP contribution in [0.5, 0.6) is 0 Å². The average molecular weight is 374 g/mol. The van der Waals surface area contributed by atoms with Crippen molar-refractivity contribution < 1.29 is 4.79 Å². The molecule has 0 saturated carbocycles. The molecule has 2 aromatic heterocycles. The summed E-state index contributed by atoms with van der Waals surface area (Å²) in [4.78, 5) is 19.0. The first-order chi connectivity index (χ1) is 13.1. The Morgan fingerprint density at radius 3 is 2.85 bits per heavy atom. The van der Waals surface area contributed by atoms with E-state index in [9.17, 15) is 4.79 Å². The van der Waals surface area contributed by atoms with Crippen LogP contribution in [0, 0.1) is 0 Å². The van der Waals surface area contributed by atoms with E-state index in [4.69, 9.17) is 0 Å². The molecule has 3 heterocycles. The van der Waals surface area contributed by atoms with E-state index in [2.05, 4.69) is 49.2 Å². The van der Waals surface area contributed by atoms with Gasteiger partial charge in [-0.15, -0.1) is 5.10 Å². The van der Waals surface area contributed by atoms with Crippen molar-refractivity contribution in [3.8, 4) is 0 Å². The smallest absolute Gasteiger partial charge is 0.273 e. The van der Waals surface area contributed by atoms with Crippen molar-refractivity contribution >= 4 is 5.91 Å². The largest absolute Gasteiger partial charge is 0.351 e. The first-order valence-corrected chi connectivity index (χ1v) is 9.76. The summed E-state index contributed by atoms with van der Waals surface area (Å²) in [6.07, 6.45) is 6.39. The highest BCUT2D eigenvalue weighted by atomic mass is 16.2. The van der Waals surface area contributed by atoms with Gasteiger partial charge in [0.15, 0.2) is 5.69 Å². The minimum absolute atomic E-state index is 0.168. The predicted octanol–water partition coefficient (Wildman–Crippen LogP) is 0.323. The molecule has 0 bridgehead atoms. The first kappa shape index (κ1) is 19.5. The Labute approximate surface area is 160 Å². The van der Waals surface area contributed by atoms with Crippen molar-refractivity contribution in [3.05, 3.63) is 30.1 Å². The Morgan fingerprint density at radius 1 is 1.26 bits per heavy atom. The van der Waals surface area contributed by atoms with Crippen molar-refractivity contribution in [2.45, 2.75) is 39.3 Å². The molecule has 0 aromatic carbocycles. The fourth-order valence-electron chi connectivity index (χ4n) is 3.24. The molecule has 3 rings (SSSR count). The Bertz CT molecular complexity index is 717. The van der Waals surface area contributed by atoms with Crippen LogP contribution in [0.2, 0.25) is 0 Å². The summed E-state index contributed by atoms with van der Waals surface area (Å²) >= 11 is 0. The maximum atomic E-state index is 12.2. The number of nitrogens with one attached hydrogen (secondary N) is 2. The van der Waals surface area contributed by atoms with Gasteiger partial charge >= 0.3 is 0 Å². The minimum Gasteiger partial charge on any atom is -0.351 e. The highest BCUT2D eigenvalue weighted by Crippen LogP contribution is 2.11. The number of hydrogen-bond donors (Lipinski definition) is 2. The third kappa shape index (κ3) is 5.61. The average Bonchev–Trinajstić information content (AvgIpc) is 3.34. The Hall–Kier alpha value is -2.26. The van der Waals surface area contributed by atoms with E-state index in [1.54, 1.807) is 10.9 Å². The predicted molar refractivity (Wildman–Crippen MR) is 103 cm³/mol. The summed E-state index contributed by atoms with van der Waals surface area (Å²) in [5.41, 5.74) is 0.376. The molecule has 0 unspecified atom stereocenters. The van der Waals surface area contributed by atoms with E-state index in [1.165, 1.54) is 0 Å². The van der Waals surface area contributed by atoms with Gasteiger partial charge in [0, 0.05) is 64.1 Å². The topological polar surface area (TPSA) is 92.9 Å². The normalized spacial score (nSPS) is 15.4. The number of piperazine rings is 1. The van der Waals surface area contributed by atoms with Gasteiger partial charge in [-0.25, -0.2) is 4.98 Å². The molecule has 0 aliphatic carbocycles. The molecule has 2 aromatic rings. The second-order valence-electron chi connectivity index (χ2n) is 7.20. The van der Waals surface area contributed by atoms with Gasteiger partial charge in [-0.2, -0.15) is 0 Å². The minimum atomic E-state index is -0.168. The zero-order valence-electron chi connectivity index (χ0n) is 16.3. The van der Waals surface area contributed by atoms with Crippen LogP contribution in [-0.4, -0.2) is 74.6 Å². The van der Waals surface area contributed by atoms with Gasteiger partial charge in [-0.05, 0) is 6.42 Å². The zero-order valence-corrected chi connectivity index (χ0v) is 16.3. The molecule has 0 radical (unpaired) electrons. The first-order valence-electron chi connectivity index (χ1n) is 9.76. The van der Waals surface area contributed by atoms with E-state index in [0.29, 0.717) is 18.2 Å². The molecule has 1 fully saturated rings. The summed E-state index contributed by atoms with van der Waals surface area (Å²) in [5, 5.41) is 14.3. The molecule has 1 saturated heterocycles. The van der Waals surface area contributed by atoms with Crippen LogP contribution >= 0.6 is 0 Å². The molecule has 0 spiro atoms. The van der Waals surface area contributed by atoms with Crippen molar-refractivity contribution in [1.29, 1.82) is 0 Å². The molecule has 27 heavy (non-hydrogen) atoms. The van der Waals surface area contributed by atoms with Gasteiger partial charge in [-0.3, -0.25) is 14.4 Å². The third-order valence-corrected chi connectivity index (χ3v) is 4.75. The number of carbonyl (C=O) groups is 1. The summed E-state index contributed by atoms with van der Waals surface area (Å²) < 4.78 is 3.89. The van der Waals surface area contributed by atoms with Crippen LogP contribution < -0.4 is 10.6 Å². The Balaban J connectivity index is 1.38. The van der Waals surface area contributed by atoms with Crippen molar-refractivity contribution in [2.75, 3.05) is 39.3 Å². The van der Waals surface area contributed by atoms with Gasteiger partial charge in [-0.1, -0.05) is 19.1 Å². The van der Waals surface area contributed by atoms with E-state index in [1.807, 2.05) is 12.4 Å². The highest BCUT2D eigenvalue weighted by molar-refractivity contribution is 5.91. The van der Waals surface area contributed by atoms with Crippen LogP contribution in [-0.2, 0) is 13.1 Å². The lowest BCUT2D eigenvalue weighted by atomic mass is 10.2. The van der Waals surface area contributed by atoms with Crippen LogP contribution in [0.15, 0.2) is 18.6 Å². The van der Waals surface area contributed by atoms with E-state index >= 15 is 0 Å². The molecule has 1 aliphatic heterocycles. The lowest BCUT2D eigenvalue weighted by molar-refractivity contribution is 0.0947. The third-order valence-electron chi connectivity index (χ3n) is 4.75. The van der Waals surface area contributed by atoms with E-state index in [-0.39, 0.29) is 5.91 Å². The molecule has 9 nitrogen and oxygen atoms in total. The van der Waals surface area contributed by atoms with Gasteiger partial charge in [0.25, 0.3) is 5.91 Å². The Kier molecular flexibility index (Phi) is 6.94. The number of carbonyl (C=O) groups excluding carboxylic acids is 1. The maximum Gasteiger partial charge on any atom is 0.273 e. The van der Waals surface area contributed by atoms with Gasteiger partial charge < -0.3 is 15.2 Å². The molecule has 9 heteroatoms. The number of aryl methyl sites for hydroxylation is 1. The lowest BCUT2D eigenvalue weighted by Crippen LogP contribution is -2.44. The van der Waals surface area contributed by atoms with Crippen LogP contribution in [0.3, 0.4) is 0 Å². The highest BCUT2D eigenvalue weighted by Gasteiger charge is 2.13. The molecule has 1 amide bonds. The molecule has 1 aliphatic rings. The molecule has 148 valence electrons. The number of rotatable bonds is 9. The van der Waals surface area contributed by atoms with Gasteiger partial charge in [0.1, 0.15) is 5.82 Å². The molecular weight excluding hydrogens is 344 g/mol. The zero-order chi connectivity index (χ0) is 19.1. The number of imidazole rings is 1. The van der Waals surface area contributed by atoms with E-state index in [0.717, 1.165) is 58.1 Å². The van der Waals surface area contributed by atoms with Crippen LogP contribution in [0.4, 0.5) is 0 Å². The number of aromatic nitrogens is 5. The van der Waals surface area contributed by atoms with Crippen LogP contribution in [0.25, 0.3) is 0 Å². The maximum absolute atomic E-state index is 12.2. The monoisotopic (exact) mass is 374 g/mol. The van der Waals surface area contributed by atoms with Gasteiger partial charge in [0.2, 0.25) is 0 Å². The van der Waals surface area contributed by atoms with E-state index < -0.39 is 0 Å². The number of hydrogen-bond acceptors (Lipinski definition) is 6. The fraction of sp³-hybridized carbons (Fsp3) is 0.667. The fourth-order valence-corrected chi connectivity index (χ4v) is 3.24. The standard InChI is InChI=1S/C18H30N8O/c1-15(2)17-20-7-11-25(17)8-3-4-21-18(27)16-14-26(23-22-16)13-12-24-9-5-19-6-10-24/h7,11,14-15,19H,3-6,8-10,12-13H2,1-2H3,(H,21,27). The summed E-state index contributed by atoms with van der Waals surface area (Å²) in [6, 6.07) is 0. The summed E-state index contributed by atoms with van der Waals surface area (Å²) in [5.74, 6) is 1.30. The SMILES string of the molecule is CC(C)c1nccn1CCCNC(=O)c1cn(CCN2CCNCC2)nn1. The van der Waals surface area contributed by atoms with Gasteiger partial charge in [0.05, 0.1) is 12.7 Å². The Morgan fingerprint density at radius 2 is 2.07 bits per heavy atom. The van der Waals surface area contributed by atoms with Crippen LogP contribution in [0.1, 0.15) is 42.5 Å². The summed E-state index contributed by atoms with van der Waals surface area (Å²) in [6.45, 7) is 11.5. The molecule has 2 N–H and O–H groups in total. The van der Waals surface area contributed by atoms with Crippen molar-refractivity contribution in [2.24, 2.45) is 0 Å². The number of nitrogens with zero attached hydrogens (tertiary/aromatic N) is 6. The summed E-state index contributed by atoms with van der Waals surface area (Å²) in [7, 11) is 0. The second kappa shape index (κ2) is 9.61. The van der Waals surface area contributed by atoms with Crippen molar-refractivity contribution in [1.82, 2.24) is 40.1 Å².